The van der Waals surface area contributed by atoms with Crippen LogP contribution in [0.2, 0.25) is 48.5 Å². The monoisotopic (exact) mass is 968 g/mol. The number of fused-ring (bicyclic) bond motifs is 2. The summed E-state index contributed by atoms with van der Waals surface area (Å²) in [5.41, 5.74) is 16.6. The molecule has 0 nitrogen and oxygen atoms in total. The molecular weight excluding hydrogens is 895 g/mol. The summed E-state index contributed by atoms with van der Waals surface area (Å²) in [6.07, 6.45) is 21.9. The van der Waals surface area contributed by atoms with Crippen LogP contribution in [0.25, 0.3) is 34.4 Å². The summed E-state index contributed by atoms with van der Waals surface area (Å²) in [4.78, 5) is 0. The molecule has 8 rings (SSSR count). The molecule has 2 saturated carbocycles. The minimum atomic E-state index is -3.93. The summed E-state index contributed by atoms with van der Waals surface area (Å²) in [6.45, 7) is 22.4. The molecule has 60 heavy (non-hydrogen) atoms. The molecule has 0 aromatic heterocycles. The Morgan fingerprint density at radius 2 is 0.867 bits per heavy atom. The van der Waals surface area contributed by atoms with Crippen molar-refractivity contribution in [2.45, 2.75) is 147 Å². The van der Waals surface area contributed by atoms with Crippen LogP contribution in [-0.4, -0.2) is 23.0 Å². The molecule has 4 aliphatic rings. The quantitative estimate of drug-likeness (QED) is 0.124. The molecule has 2 unspecified atom stereocenters. The Balaban J connectivity index is 0.00000302. The standard InChI is InChI=1S/2C26H33Si.2CH3.2ClH.H2Si.Zr/c2*1-5-26(15-6-7-16-26)19-20-17-22-9-8-10-24(25(22)18-20)21-11-13-23(14-12-21)27(2,3)4;;;;;;/h2*8-14,17-18H,5-7,15-16,19H2,1-4H3;2*1H3;2*1H;1H2;. The third-order valence-corrected chi connectivity index (χ3v) is 37.9. The molecule has 322 valence electrons. The maximum Gasteiger partial charge on any atom is -0.147 e. The molecule has 2 fully saturated rings. The molecule has 4 aromatic carbocycles. The van der Waals surface area contributed by atoms with Crippen molar-refractivity contribution in [3.63, 3.8) is 0 Å². The maximum atomic E-state index is 2.92. The number of allylic oxidation sites excluding steroid dienone is 2. The molecule has 0 heterocycles. The normalized spacial score (nSPS) is 20.8. The third kappa shape index (κ3) is 8.81. The largest absolute Gasteiger partial charge is 0.147 e. The van der Waals surface area contributed by atoms with Crippen LogP contribution >= 0.6 is 24.8 Å². The summed E-state index contributed by atoms with van der Waals surface area (Å²) < 4.78 is 6.93. The third-order valence-electron chi connectivity index (χ3n) is 16.3. The van der Waals surface area contributed by atoms with Crippen LogP contribution in [0.1, 0.15) is 120 Å². The van der Waals surface area contributed by atoms with E-state index in [2.05, 4.69) is 166 Å². The van der Waals surface area contributed by atoms with Crippen LogP contribution in [0.15, 0.2) is 96.1 Å². The number of rotatable bonds is 12. The molecule has 6 heteroatoms. The van der Waals surface area contributed by atoms with Gasteiger partial charge in [-0.1, -0.05) is 0 Å². The van der Waals surface area contributed by atoms with Crippen molar-refractivity contribution in [2.24, 2.45) is 10.8 Å². The van der Waals surface area contributed by atoms with E-state index < -0.39 is 33.5 Å². The van der Waals surface area contributed by atoms with Gasteiger partial charge in [-0.05, 0) is 0 Å². The van der Waals surface area contributed by atoms with Crippen LogP contribution in [-0.2, 0) is 17.4 Å². The van der Waals surface area contributed by atoms with Gasteiger partial charge in [0, 0.05) is 0 Å². The zero-order valence-corrected chi connectivity index (χ0v) is 46.4. The van der Waals surface area contributed by atoms with Gasteiger partial charge in [-0.2, -0.15) is 0 Å². The average Bonchev–Trinajstić information content (AvgIpc) is 4.00. The zero-order valence-electron chi connectivity index (χ0n) is 38.9. The Morgan fingerprint density at radius 1 is 0.533 bits per heavy atom. The first-order valence-electron chi connectivity index (χ1n) is 23.3. The van der Waals surface area contributed by atoms with Crippen LogP contribution in [0.3, 0.4) is 0 Å². The zero-order chi connectivity index (χ0) is 41.3. The molecular formula is C54H76Cl2Si3Zr. The predicted molar refractivity (Wildman–Crippen MR) is 278 cm³/mol. The summed E-state index contributed by atoms with van der Waals surface area (Å²) in [5.74, 6) is 0. The maximum absolute atomic E-state index is 3.93. The van der Waals surface area contributed by atoms with E-state index in [0.29, 0.717) is 18.1 Å². The molecule has 0 aliphatic heterocycles. The number of hydrogen-bond acceptors (Lipinski definition) is 0. The van der Waals surface area contributed by atoms with E-state index in [-0.39, 0.29) is 24.8 Å². The average molecular weight is 972 g/mol. The molecule has 0 radical (unpaired) electrons. The smallest absolute Gasteiger partial charge is 0.147 e. The predicted octanol–water partition coefficient (Wildman–Crippen LogP) is 15.6. The van der Waals surface area contributed by atoms with Crippen LogP contribution in [0, 0.1) is 10.8 Å². The molecule has 0 N–H and O–H groups in total. The van der Waals surface area contributed by atoms with E-state index in [1.165, 1.54) is 99.3 Å². The van der Waals surface area contributed by atoms with E-state index in [4.69, 9.17) is 0 Å². The van der Waals surface area contributed by atoms with Gasteiger partial charge in [0.1, 0.15) is 0 Å². The Hall–Kier alpha value is -1.53. The van der Waals surface area contributed by atoms with E-state index >= 15 is 0 Å². The Labute approximate surface area is 382 Å². The fourth-order valence-corrected chi connectivity index (χ4v) is 34.9. The van der Waals surface area contributed by atoms with Gasteiger partial charge in [-0.25, -0.2) is 0 Å². The van der Waals surface area contributed by atoms with Gasteiger partial charge >= 0.3 is 361 Å². The molecule has 4 aromatic rings. The fourth-order valence-electron chi connectivity index (χ4n) is 12.9. The summed E-state index contributed by atoms with van der Waals surface area (Å²) >= 11 is -3.93. The Kier molecular flexibility index (Phi) is 13.9. The Bertz CT molecular complexity index is 2160. The minimum absolute atomic E-state index is 0. The van der Waals surface area contributed by atoms with E-state index in [1.54, 1.807) is 43.8 Å². The van der Waals surface area contributed by atoms with Gasteiger partial charge in [-0.3, -0.25) is 0 Å². The second-order valence-electron chi connectivity index (χ2n) is 23.0. The molecule has 0 amide bonds. The molecule has 0 bridgehead atoms. The van der Waals surface area contributed by atoms with Crippen LogP contribution < -0.4 is 10.4 Å². The second kappa shape index (κ2) is 17.5. The first-order valence-corrected chi connectivity index (χ1v) is 44.0. The van der Waals surface area contributed by atoms with E-state index in [0.717, 1.165) is 0 Å². The van der Waals surface area contributed by atoms with Crippen molar-refractivity contribution in [3.05, 3.63) is 118 Å². The molecule has 2 atom stereocenters. The first kappa shape index (κ1) is 47.9. The second-order valence-corrected chi connectivity index (χ2v) is 63.6. The SMILES string of the molecule is CCC1(CC2=Cc3c(-c4ccc([Si](C)(C)C)cc4)cccc3[CH]2[Zr]([CH3])([CH3])(=[SiH2])[CH]2C(CC3(CC)CCCC3)=Cc3c(-c4ccc([Si](C)(C)C)cc4)cccc32)CCCC1.Cl.Cl. The van der Waals surface area contributed by atoms with Crippen molar-refractivity contribution in [1.29, 1.82) is 0 Å². The Morgan fingerprint density at radius 3 is 1.17 bits per heavy atom. The molecule has 4 aliphatic carbocycles. The van der Waals surface area contributed by atoms with Gasteiger partial charge in [-0.15, -0.1) is 24.8 Å². The van der Waals surface area contributed by atoms with Crippen molar-refractivity contribution in [1.82, 2.24) is 0 Å². The van der Waals surface area contributed by atoms with Gasteiger partial charge in [0.05, 0.1) is 0 Å². The van der Waals surface area contributed by atoms with E-state index in [9.17, 15) is 0 Å². The number of halogens is 2. The number of hydrogen-bond donors (Lipinski definition) is 0. The summed E-state index contributed by atoms with van der Waals surface area (Å²) in [7, 11) is -2.77. The van der Waals surface area contributed by atoms with Crippen molar-refractivity contribution >= 4 is 70.4 Å². The summed E-state index contributed by atoms with van der Waals surface area (Å²) in [6, 6.07) is 34.5. The number of benzene rings is 4. The van der Waals surface area contributed by atoms with Crippen molar-refractivity contribution < 1.29 is 17.4 Å². The van der Waals surface area contributed by atoms with Gasteiger partial charge in [0.15, 0.2) is 0 Å². The fraction of sp³-hybridized carbons (Fsp3) is 0.481. The van der Waals surface area contributed by atoms with Gasteiger partial charge in [0.2, 0.25) is 0 Å². The van der Waals surface area contributed by atoms with Gasteiger partial charge < -0.3 is 0 Å². The van der Waals surface area contributed by atoms with Crippen LogP contribution in [0.5, 0.6) is 0 Å². The summed E-state index contributed by atoms with van der Waals surface area (Å²) in [5, 5.41) is 3.10. The first-order chi connectivity index (χ1) is 27.4. The van der Waals surface area contributed by atoms with Gasteiger partial charge in [0.25, 0.3) is 0 Å². The van der Waals surface area contributed by atoms with Crippen LogP contribution in [0.4, 0.5) is 0 Å². The van der Waals surface area contributed by atoms with Crippen molar-refractivity contribution in [2.75, 3.05) is 0 Å². The topological polar surface area (TPSA) is 0 Å². The minimum Gasteiger partial charge on any atom is -0.147 e. The van der Waals surface area contributed by atoms with E-state index in [1.807, 2.05) is 0 Å². The van der Waals surface area contributed by atoms with Crippen molar-refractivity contribution in [3.8, 4) is 22.3 Å². The molecule has 0 saturated heterocycles. The molecule has 0 spiro atoms.